The fourth-order valence-electron chi connectivity index (χ4n) is 4.22. The van der Waals surface area contributed by atoms with E-state index in [1.165, 1.54) is 0 Å². The van der Waals surface area contributed by atoms with E-state index in [1.54, 1.807) is 5.06 Å². The molecule has 25 heavy (non-hydrogen) atoms. The third kappa shape index (κ3) is 4.02. The normalized spacial score (nSPS) is 30.7. The highest BCUT2D eigenvalue weighted by Crippen LogP contribution is 2.33. The van der Waals surface area contributed by atoms with Gasteiger partial charge in [0.25, 0.3) is 5.91 Å². The van der Waals surface area contributed by atoms with Crippen molar-refractivity contribution in [3.63, 3.8) is 0 Å². The Bertz CT molecular complexity index is 577. The van der Waals surface area contributed by atoms with Crippen LogP contribution in [0.5, 0.6) is 0 Å². The van der Waals surface area contributed by atoms with Crippen molar-refractivity contribution < 1.29 is 14.4 Å². The number of hydrogen-bond acceptors (Lipinski definition) is 5. The van der Waals surface area contributed by atoms with Crippen molar-refractivity contribution in [1.29, 1.82) is 0 Å². The van der Waals surface area contributed by atoms with Crippen LogP contribution in [0.4, 0.5) is 0 Å². The van der Waals surface area contributed by atoms with Crippen LogP contribution in [-0.4, -0.2) is 59.8 Å². The molecule has 3 saturated heterocycles. The number of carbonyl (C=O) groups is 1. The fourth-order valence-corrected chi connectivity index (χ4v) is 4.22. The Balaban J connectivity index is 1.34. The number of amides is 1. The fraction of sp³-hybridized carbons (Fsp3) is 0.684. The van der Waals surface area contributed by atoms with Crippen molar-refractivity contribution in [3.05, 3.63) is 30.1 Å². The van der Waals surface area contributed by atoms with E-state index >= 15 is 0 Å². The first-order valence-corrected chi connectivity index (χ1v) is 9.48. The molecule has 0 radical (unpaired) electrons. The number of hydroxylamine groups is 2. The third-order valence-electron chi connectivity index (χ3n) is 5.56. The molecule has 6 nitrogen and oxygen atoms in total. The lowest BCUT2D eigenvalue weighted by molar-refractivity contribution is -0.208. The van der Waals surface area contributed by atoms with Gasteiger partial charge in [0.1, 0.15) is 0 Å². The number of hydrogen-bond donors (Lipinski definition) is 0. The summed E-state index contributed by atoms with van der Waals surface area (Å²) in [5, 5.41) is 1.58. The Hall–Kier alpha value is -1.50. The maximum Gasteiger partial charge on any atom is 0.251 e. The molecule has 1 amide bonds. The van der Waals surface area contributed by atoms with Crippen molar-refractivity contribution in [2.45, 2.75) is 38.3 Å². The predicted molar refractivity (Wildman–Crippen MR) is 92.4 cm³/mol. The minimum absolute atomic E-state index is 0.0610. The van der Waals surface area contributed by atoms with Gasteiger partial charge >= 0.3 is 0 Å². The first-order valence-electron chi connectivity index (χ1n) is 9.48. The van der Waals surface area contributed by atoms with Gasteiger partial charge in [0.05, 0.1) is 30.9 Å². The molecule has 4 rings (SSSR count). The molecule has 3 aliphatic rings. The second kappa shape index (κ2) is 7.81. The van der Waals surface area contributed by atoms with E-state index < -0.39 is 0 Å². The number of piperidine rings is 1. The van der Waals surface area contributed by atoms with Crippen LogP contribution in [0.15, 0.2) is 24.4 Å². The average molecular weight is 345 g/mol. The highest BCUT2D eigenvalue weighted by atomic mass is 16.7. The van der Waals surface area contributed by atoms with E-state index in [2.05, 4.69) is 16.0 Å². The van der Waals surface area contributed by atoms with Gasteiger partial charge in [-0.2, -0.15) is 0 Å². The topological polar surface area (TPSA) is 54.9 Å². The van der Waals surface area contributed by atoms with Crippen LogP contribution in [-0.2, 0) is 20.9 Å². The molecule has 3 atom stereocenters. The molecular weight excluding hydrogens is 318 g/mol. The van der Waals surface area contributed by atoms with Crippen LogP contribution < -0.4 is 0 Å². The molecule has 3 fully saturated rings. The van der Waals surface area contributed by atoms with E-state index in [1.807, 2.05) is 18.3 Å². The minimum Gasteiger partial charge on any atom is -0.377 e. The Kier molecular flexibility index (Phi) is 5.29. The van der Waals surface area contributed by atoms with E-state index in [4.69, 9.17) is 9.57 Å². The number of fused-ring (bicyclic) bond motifs is 1. The molecule has 136 valence electrons. The van der Waals surface area contributed by atoms with Crippen molar-refractivity contribution in [2.24, 2.45) is 11.8 Å². The minimum atomic E-state index is -0.0610. The molecule has 0 aromatic carbocycles. The average Bonchev–Trinajstić information content (AvgIpc) is 2.68. The molecule has 0 bridgehead atoms. The van der Waals surface area contributed by atoms with Gasteiger partial charge in [-0.1, -0.05) is 6.07 Å². The highest BCUT2D eigenvalue weighted by molar-refractivity contribution is 5.78. The summed E-state index contributed by atoms with van der Waals surface area (Å²) >= 11 is 0. The third-order valence-corrected chi connectivity index (χ3v) is 5.56. The summed E-state index contributed by atoms with van der Waals surface area (Å²) in [5.74, 6) is 0.471. The van der Waals surface area contributed by atoms with Gasteiger partial charge < -0.3 is 4.74 Å². The maximum atomic E-state index is 12.7. The van der Waals surface area contributed by atoms with E-state index in [0.717, 1.165) is 57.6 Å². The Morgan fingerprint density at radius 3 is 3.04 bits per heavy atom. The summed E-state index contributed by atoms with van der Waals surface area (Å²) in [5.41, 5.74) is 1.10. The zero-order chi connectivity index (χ0) is 17.1. The van der Waals surface area contributed by atoms with Gasteiger partial charge in [0.2, 0.25) is 0 Å². The molecule has 6 heteroatoms. The monoisotopic (exact) mass is 345 g/mol. The molecule has 1 aromatic rings. The van der Waals surface area contributed by atoms with Gasteiger partial charge in [-0.05, 0) is 43.7 Å². The maximum absolute atomic E-state index is 12.7. The van der Waals surface area contributed by atoms with Crippen LogP contribution in [0.3, 0.4) is 0 Å². The summed E-state index contributed by atoms with van der Waals surface area (Å²) in [6.07, 6.45) is 6.16. The molecule has 0 saturated carbocycles. The standard InChI is InChI=1S/C19H27N3O3/c23-19(22-8-3-4-10-25-22)16-11-15-12-21(9-6-18(15)24-14-16)13-17-5-1-2-7-20-17/h1-2,5,7,15-16,18H,3-4,6,8-14H2/t15-,16-,18+/m1/s1. The lowest BCUT2D eigenvalue weighted by Gasteiger charge is -2.43. The summed E-state index contributed by atoms with van der Waals surface area (Å²) in [7, 11) is 0. The SMILES string of the molecule is O=C([C@H]1CO[C@H]2CCN(Cc3ccccn3)C[C@H]2C1)N1CCCCO1. The molecule has 4 heterocycles. The number of aromatic nitrogens is 1. The van der Waals surface area contributed by atoms with Crippen LogP contribution >= 0.6 is 0 Å². The quantitative estimate of drug-likeness (QED) is 0.837. The first-order chi connectivity index (χ1) is 12.3. The lowest BCUT2D eigenvalue weighted by atomic mass is 9.83. The van der Waals surface area contributed by atoms with Crippen LogP contribution in [0.1, 0.15) is 31.4 Å². The van der Waals surface area contributed by atoms with Crippen LogP contribution in [0.2, 0.25) is 0 Å². The first kappa shape index (κ1) is 16.9. The second-order valence-electron chi connectivity index (χ2n) is 7.39. The molecule has 1 aromatic heterocycles. The summed E-state index contributed by atoms with van der Waals surface area (Å²) in [6, 6.07) is 6.05. The van der Waals surface area contributed by atoms with E-state index in [9.17, 15) is 4.79 Å². The van der Waals surface area contributed by atoms with E-state index in [-0.39, 0.29) is 11.8 Å². The molecular formula is C19H27N3O3. The van der Waals surface area contributed by atoms with Gasteiger partial charge in [0, 0.05) is 32.4 Å². The van der Waals surface area contributed by atoms with Crippen molar-refractivity contribution in [2.75, 3.05) is 32.8 Å². The Morgan fingerprint density at radius 2 is 2.24 bits per heavy atom. The van der Waals surface area contributed by atoms with Gasteiger partial charge in [-0.25, -0.2) is 5.06 Å². The summed E-state index contributed by atoms with van der Waals surface area (Å²) in [4.78, 5) is 25.1. The summed E-state index contributed by atoms with van der Waals surface area (Å²) in [6.45, 7) is 4.80. The van der Waals surface area contributed by atoms with Crippen molar-refractivity contribution in [3.8, 4) is 0 Å². The Morgan fingerprint density at radius 1 is 1.28 bits per heavy atom. The molecule has 0 aliphatic carbocycles. The second-order valence-corrected chi connectivity index (χ2v) is 7.39. The zero-order valence-electron chi connectivity index (χ0n) is 14.7. The van der Waals surface area contributed by atoms with E-state index in [0.29, 0.717) is 25.2 Å². The van der Waals surface area contributed by atoms with Gasteiger partial charge in [-0.3, -0.25) is 19.5 Å². The highest BCUT2D eigenvalue weighted by Gasteiger charge is 2.39. The smallest absolute Gasteiger partial charge is 0.251 e. The largest absolute Gasteiger partial charge is 0.377 e. The Labute approximate surface area is 149 Å². The molecule has 0 N–H and O–H groups in total. The van der Waals surface area contributed by atoms with Crippen molar-refractivity contribution >= 4 is 5.91 Å². The summed E-state index contributed by atoms with van der Waals surface area (Å²) < 4.78 is 6.06. The predicted octanol–water partition coefficient (Wildman–Crippen LogP) is 1.86. The van der Waals surface area contributed by atoms with Crippen LogP contribution in [0.25, 0.3) is 0 Å². The number of likely N-dealkylation sites (tertiary alicyclic amines) is 1. The number of rotatable bonds is 3. The molecule has 3 aliphatic heterocycles. The van der Waals surface area contributed by atoms with Crippen LogP contribution in [0, 0.1) is 11.8 Å². The van der Waals surface area contributed by atoms with Crippen molar-refractivity contribution in [1.82, 2.24) is 14.9 Å². The number of ether oxygens (including phenoxy) is 1. The number of pyridine rings is 1. The lowest BCUT2D eigenvalue weighted by Crippen LogP contribution is -2.51. The number of carbonyl (C=O) groups excluding carboxylic acids is 1. The molecule has 0 unspecified atom stereocenters. The zero-order valence-corrected chi connectivity index (χ0v) is 14.7. The number of nitrogens with zero attached hydrogens (tertiary/aromatic N) is 3. The van der Waals surface area contributed by atoms with Gasteiger partial charge in [-0.15, -0.1) is 0 Å². The van der Waals surface area contributed by atoms with Gasteiger partial charge in [0.15, 0.2) is 0 Å². The molecule has 0 spiro atoms.